The van der Waals surface area contributed by atoms with Crippen molar-refractivity contribution in [3.8, 4) is 11.5 Å². The maximum atomic E-state index is 13.0. The second kappa shape index (κ2) is 5.63. The lowest BCUT2D eigenvalue weighted by atomic mass is 10.1. The molecule has 0 aliphatic carbocycles. The van der Waals surface area contributed by atoms with Gasteiger partial charge in [-0.3, -0.25) is 0 Å². The fourth-order valence-electron chi connectivity index (χ4n) is 1.26. The van der Waals surface area contributed by atoms with Crippen molar-refractivity contribution >= 4 is 29.9 Å². The first-order valence-corrected chi connectivity index (χ1v) is 10.7. The molecule has 104 valence electrons. The number of halogens is 2. The molecule has 0 fully saturated rings. The van der Waals surface area contributed by atoms with E-state index in [0.717, 1.165) is 12.1 Å². The van der Waals surface area contributed by atoms with Crippen LogP contribution in [0.15, 0.2) is 17.0 Å². The topological polar surface area (TPSA) is 54.4 Å². The van der Waals surface area contributed by atoms with Crippen LogP contribution in [0.25, 0.3) is 0 Å². The number of benzene rings is 1. The van der Waals surface area contributed by atoms with E-state index in [1.165, 1.54) is 0 Å². The summed E-state index contributed by atoms with van der Waals surface area (Å²) in [4.78, 5) is -0.541. The number of aliphatic hydroxyl groups excluding tert-OH is 1. The summed E-state index contributed by atoms with van der Waals surface area (Å²) in [7, 11) is -6.53. The third-order valence-electron chi connectivity index (χ3n) is 2.15. The van der Waals surface area contributed by atoms with Gasteiger partial charge in [-0.2, -0.15) is 8.42 Å². The molecule has 0 aromatic heterocycles. The molecule has 0 atom stereocenters. The van der Waals surface area contributed by atoms with Gasteiger partial charge in [-0.1, -0.05) is 37.2 Å². The van der Waals surface area contributed by atoms with Crippen LogP contribution in [0.5, 0.6) is 0 Å². The average molecular weight is 321 g/mol. The van der Waals surface area contributed by atoms with Crippen molar-refractivity contribution in [2.45, 2.75) is 31.1 Å². The summed E-state index contributed by atoms with van der Waals surface area (Å²) < 4.78 is 34.9. The summed E-state index contributed by atoms with van der Waals surface area (Å²) in [6.45, 7) is 5.55. The highest BCUT2D eigenvalue weighted by molar-refractivity contribution is 7.86. The average Bonchev–Trinajstić information content (AvgIpc) is 2.25. The largest absolute Gasteiger partial charge is 0.392 e. The Morgan fingerprint density at radius 2 is 1.95 bits per heavy atom. The SMILES string of the molecule is C[Si](C)(C)C#Cc1cc(S(=O)(=O)F)cc(CO)c1Cl. The predicted octanol–water partition coefficient (Wildman–Crippen LogP) is 2.72. The van der Waals surface area contributed by atoms with E-state index in [1.807, 2.05) is 19.6 Å². The molecule has 3 nitrogen and oxygen atoms in total. The maximum absolute atomic E-state index is 13.0. The normalized spacial score (nSPS) is 11.9. The van der Waals surface area contributed by atoms with Crippen molar-refractivity contribution < 1.29 is 17.4 Å². The van der Waals surface area contributed by atoms with Crippen molar-refractivity contribution in [2.24, 2.45) is 0 Å². The standard InChI is InChI=1S/C12H14ClFO3SSi/c1-19(2,3)5-4-9-6-11(18(14,16)17)7-10(8-15)12(9)13/h6-7,15H,8H2,1-3H3. The Morgan fingerprint density at radius 1 is 1.37 bits per heavy atom. The van der Waals surface area contributed by atoms with E-state index in [9.17, 15) is 12.3 Å². The fraction of sp³-hybridized carbons (Fsp3) is 0.333. The van der Waals surface area contributed by atoms with Crippen LogP contribution >= 0.6 is 11.6 Å². The van der Waals surface area contributed by atoms with Gasteiger partial charge in [-0.25, -0.2) is 0 Å². The minimum absolute atomic E-state index is 0.139. The zero-order valence-electron chi connectivity index (χ0n) is 10.8. The zero-order chi connectivity index (χ0) is 14.8. The Morgan fingerprint density at radius 3 is 2.37 bits per heavy atom. The molecule has 0 saturated heterocycles. The van der Waals surface area contributed by atoms with Gasteiger partial charge in [0.2, 0.25) is 0 Å². The lowest BCUT2D eigenvalue weighted by molar-refractivity contribution is 0.281. The summed E-state index contributed by atoms with van der Waals surface area (Å²) in [5.74, 6) is 2.78. The molecule has 0 heterocycles. The third kappa shape index (κ3) is 4.62. The van der Waals surface area contributed by atoms with Gasteiger partial charge in [-0.05, 0) is 17.7 Å². The van der Waals surface area contributed by atoms with Crippen LogP contribution in [-0.2, 0) is 16.8 Å². The summed E-state index contributed by atoms with van der Waals surface area (Å²) >= 11 is 6.00. The molecule has 7 heteroatoms. The van der Waals surface area contributed by atoms with Crippen LogP contribution in [0, 0.1) is 11.5 Å². The summed E-state index contributed by atoms with van der Waals surface area (Å²) in [5, 5.41) is 9.27. The van der Waals surface area contributed by atoms with E-state index in [2.05, 4.69) is 11.5 Å². The Labute approximate surface area is 118 Å². The van der Waals surface area contributed by atoms with Crippen molar-refractivity contribution in [1.82, 2.24) is 0 Å². The molecule has 0 unspecified atom stereocenters. The molecule has 0 aliphatic heterocycles. The predicted molar refractivity (Wildman–Crippen MR) is 75.9 cm³/mol. The second-order valence-corrected chi connectivity index (χ2v) is 11.5. The minimum Gasteiger partial charge on any atom is -0.392 e. The van der Waals surface area contributed by atoms with Gasteiger partial charge in [0.1, 0.15) is 13.0 Å². The smallest absolute Gasteiger partial charge is 0.332 e. The zero-order valence-corrected chi connectivity index (χ0v) is 13.4. The van der Waals surface area contributed by atoms with Crippen molar-refractivity contribution in [2.75, 3.05) is 0 Å². The Hall–Kier alpha value is -0.873. The van der Waals surface area contributed by atoms with Crippen molar-refractivity contribution in [3.05, 3.63) is 28.3 Å². The molecule has 0 bridgehead atoms. The maximum Gasteiger partial charge on any atom is 0.332 e. The molecule has 19 heavy (non-hydrogen) atoms. The number of hydrogen-bond donors (Lipinski definition) is 1. The summed E-state index contributed by atoms with van der Waals surface area (Å²) in [6, 6.07) is 2.10. The third-order valence-corrected chi connectivity index (χ3v) is 4.27. The molecular formula is C12H14ClFO3SSi. The Bertz CT molecular complexity index is 654. The highest BCUT2D eigenvalue weighted by atomic mass is 35.5. The van der Waals surface area contributed by atoms with Crippen LogP contribution in [0.3, 0.4) is 0 Å². The van der Waals surface area contributed by atoms with Crippen LogP contribution in [-0.4, -0.2) is 21.6 Å². The van der Waals surface area contributed by atoms with Gasteiger partial charge in [0.25, 0.3) is 0 Å². The highest BCUT2D eigenvalue weighted by Crippen LogP contribution is 2.26. The monoisotopic (exact) mass is 320 g/mol. The molecule has 0 radical (unpaired) electrons. The molecule has 1 N–H and O–H groups in total. The van der Waals surface area contributed by atoms with Gasteiger partial charge >= 0.3 is 10.2 Å². The van der Waals surface area contributed by atoms with Crippen LogP contribution in [0.4, 0.5) is 3.89 Å². The Balaban J connectivity index is 3.50. The van der Waals surface area contributed by atoms with Crippen LogP contribution in [0.1, 0.15) is 11.1 Å². The number of hydrogen-bond acceptors (Lipinski definition) is 3. The van der Waals surface area contributed by atoms with E-state index >= 15 is 0 Å². The highest BCUT2D eigenvalue weighted by Gasteiger charge is 2.17. The summed E-state index contributed by atoms with van der Waals surface area (Å²) in [6.07, 6.45) is 0. The van der Waals surface area contributed by atoms with Gasteiger partial charge < -0.3 is 5.11 Å². The molecule has 1 aromatic rings. The van der Waals surface area contributed by atoms with Gasteiger partial charge in [-0.15, -0.1) is 9.43 Å². The van der Waals surface area contributed by atoms with Crippen molar-refractivity contribution in [1.29, 1.82) is 0 Å². The molecule has 0 spiro atoms. The minimum atomic E-state index is -4.85. The first-order valence-electron chi connectivity index (χ1n) is 5.46. The van der Waals surface area contributed by atoms with E-state index < -0.39 is 29.8 Å². The fourth-order valence-corrected chi connectivity index (χ4v) is 2.52. The van der Waals surface area contributed by atoms with E-state index in [1.54, 1.807) is 0 Å². The van der Waals surface area contributed by atoms with E-state index in [0.29, 0.717) is 0 Å². The quantitative estimate of drug-likeness (QED) is 0.518. The molecule has 0 saturated carbocycles. The molecule has 1 aromatic carbocycles. The van der Waals surface area contributed by atoms with Crippen LogP contribution in [0.2, 0.25) is 24.7 Å². The van der Waals surface area contributed by atoms with E-state index in [-0.39, 0.29) is 16.1 Å². The lowest BCUT2D eigenvalue weighted by Crippen LogP contribution is -2.16. The summed E-state index contributed by atoms with van der Waals surface area (Å²) in [5.41, 5.74) is 3.37. The Kier molecular flexibility index (Phi) is 4.80. The van der Waals surface area contributed by atoms with Crippen LogP contribution < -0.4 is 0 Å². The first kappa shape index (κ1) is 16.2. The number of aliphatic hydroxyl groups is 1. The second-order valence-electron chi connectivity index (χ2n) is 5.04. The first-order chi connectivity index (χ1) is 8.54. The lowest BCUT2D eigenvalue weighted by Gasteiger charge is -2.07. The van der Waals surface area contributed by atoms with E-state index in [4.69, 9.17) is 16.7 Å². The van der Waals surface area contributed by atoms with Gasteiger partial charge in [0.15, 0.2) is 0 Å². The molecular weight excluding hydrogens is 307 g/mol. The van der Waals surface area contributed by atoms with Crippen molar-refractivity contribution in [3.63, 3.8) is 0 Å². The van der Waals surface area contributed by atoms with Gasteiger partial charge in [0, 0.05) is 5.56 Å². The number of rotatable bonds is 2. The van der Waals surface area contributed by atoms with Gasteiger partial charge in [0.05, 0.1) is 11.6 Å². The molecule has 1 rings (SSSR count). The molecule has 0 amide bonds. The molecule has 0 aliphatic rings.